The Hall–Kier alpha value is -2.19. The van der Waals surface area contributed by atoms with Crippen molar-refractivity contribution in [1.29, 1.82) is 0 Å². The Morgan fingerprint density at radius 3 is 2.76 bits per heavy atom. The first-order valence-corrected chi connectivity index (χ1v) is 7.93. The lowest BCUT2D eigenvalue weighted by molar-refractivity contribution is 0.0951. The molecule has 0 radical (unpaired) electrons. The fourth-order valence-electron chi connectivity index (χ4n) is 1.81. The van der Waals surface area contributed by atoms with Gasteiger partial charge in [-0.3, -0.25) is 4.79 Å². The minimum Gasteiger partial charge on any atom is -0.398 e. The molecule has 1 amide bonds. The van der Waals surface area contributed by atoms with Crippen molar-refractivity contribution in [3.8, 4) is 0 Å². The zero-order valence-electron chi connectivity index (χ0n) is 11.5. The Bertz CT molecular complexity index is 774. The summed E-state index contributed by atoms with van der Waals surface area (Å²) in [6, 6.07) is 8.69. The van der Waals surface area contributed by atoms with Crippen LogP contribution in [0.15, 0.2) is 30.3 Å². The van der Waals surface area contributed by atoms with Gasteiger partial charge in [0.2, 0.25) is 10.0 Å². The number of para-hydroxylation sites is 1. The summed E-state index contributed by atoms with van der Waals surface area (Å²) >= 11 is 0. The Balaban J connectivity index is 2.13. The number of carbonyl (C=O) groups excluding carboxylic acids is 1. The standard InChI is InChI=1S/C13H16N4O3S/c1-15-21(19,20)7-6-16-13(18)12-8-10(14)9-4-2-3-5-11(9)17-12/h2-5,8,15H,6-7H2,1H3,(H2,14,17)(H,16,18). The van der Waals surface area contributed by atoms with Gasteiger partial charge in [0.1, 0.15) is 5.69 Å². The number of fused-ring (bicyclic) bond motifs is 1. The Morgan fingerprint density at radius 1 is 1.33 bits per heavy atom. The predicted octanol–water partition coefficient (Wildman–Crippen LogP) is 0.0960. The maximum atomic E-state index is 12.0. The van der Waals surface area contributed by atoms with Gasteiger partial charge in [-0.25, -0.2) is 18.1 Å². The second-order valence-electron chi connectivity index (χ2n) is 4.39. The highest BCUT2D eigenvalue weighted by atomic mass is 32.2. The number of sulfonamides is 1. The van der Waals surface area contributed by atoms with Crippen molar-refractivity contribution in [3.63, 3.8) is 0 Å². The van der Waals surface area contributed by atoms with E-state index in [4.69, 9.17) is 5.73 Å². The summed E-state index contributed by atoms with van der Waals surface area (Å²) in [5.74, 6) is -0.656. The molecule has 0 saturated heterocycles. The van der Waals surface area contributed by atoms with Crippen LogP contribution in [0.3, 0.4) is 0 Å². The van der Waals surface area contributed by atoms with Crippen LogP contribution in [-0.2, 0) is 10.0 Å². The third-order valence-corrected chi connectivity index (χ3v) is 4.31. The molecule has 1 aromatic heterocycles. The largest absolute Gasteiger partial charge is 0.398 e. The van der Waals surface area contributed by atoms with E-state index >= 15 is 0 Å². The van der Waals surface area contributed by atoms with E-state index in [0.29, 0.717) is 11.2 Å². The average molecular weight is 308 g/mol. The normalized spacial score (nSPS) is 11.5. The second-order valence-corrected chi connectivity index (χ2v) is 6.44. The van der Waals surface area contributed by atoms with Crippen LogP contribution in [0.25, 0.3) is 10.9 Å². The summed E-state index contributed by atoms with van der Waals surface area (Å²) in [5, 5.41) is 3.28. The number of benzene rings is 1. The van der Waals surface area contributed by atoms with Crippen molar-refractivity contribution in [2.75, 3.05) is 25.1 Å². The van der Waals surface area contributed by atoms with Gasteiger partial charge in [-0.05, 0) is 19.2 Å². The lowest BCUT2D eigenvalue weighted by atomic mass is 10.1. The molecule has 0 fully saturated rings. The number of nitrogens with two attached hydrogens (primary N) is 1. The number of nitrogens with zero attached hydrogens (tertiary/aromatic N) is 1. The van der Waals surface area contributed by atoms with Crippen molar-refractivity contribution in [2.24, 2.45) is 0 Å². The fraction of sp³-hybridized carbons (Fsp3) is 0.231. The minimum atomic E-state index is -3.35. The first-order valence-electron chi connectivity index (χ1n) is 6.27. The van der Waals surface area contributed by atoms with Crippen LogP contribution >= 0.6 is 0 Å². The molecule has 0 atom stereocenters. The number of rotatable bonds is 5. The summed E-state index contributed by atoms with van der Waals surface area (Å²) < 4.78 is 24.7. The van der Waals surface area contributed by atoms with Crippen LogP contribution in [0, 0.1) is 0 Å². The van der Waals surface area contributed by atoms with Crippen molar-refractivity contribution in [3.05, 3.63) is 36.0 Å². The number of carbonyl (C=O) groups is 1. The van der Waals surface area contributed by atoms with E-state index in [2.05, 4.69) is 15.0 Å². The summed E-state index contributed by atoms with van der Waals surface area (Å²) in [6.45, 7) is -0.00355. The number of pyridine rings is 1. The molecular weight excluding hydrogens is 292 g/mol. The molecule has 0 bridgehead atoms. The molecule has 0 saturated carbocycles. The summed E-state index contributed by atoms with van der Waals surface area (Å²) in [7, 11) is -2.03. The molecule has 1 aromatic carbocycles. The molecule has 2 aromatic rings. The van der Waals surface area contributed by atoms with E-state index in [-0.39, 0.29) is 18.0 Å². The topological polar surface area (TPSA) is 114 Å². The monoisotopic (exact) mass is 308 g/mol. The molecule has 0 spiro atoms. The highest BCUT2D eigenvalue weighted by Crippen LogP contribution is 2.19. The van der Waals surface area contributed by atoms with Gasteiger partial charge in [0, 0.05) is 17.6 Å². The van der Waals surface area contributed by atoms with E-state index in [9.17, 15) is 13.2 Å². The zero-order chi connectivity index (χ0) is 15.5. The van der Waals surface area contributed by atoms with Gasteiger partial charge in [0.25, 0.3) is 5.91 Å². The number of hydrogen-bond donors (Lipinski definition) is 3. The molecule has 4 N–H and O–H groups in total. The first-order chi connectivity index (χ1) is 9.93. The summed E-state index contributed by atoms with van der Waals surface area (Å²) in [5.41, 5.74) is 7.12. The molecule has 0 unspecified atom stereocenters. The molecule has 0 aliphatic carbocycles. The second kappa shape index (κ2) is 6.06. The lowest BCUT2D eigenvalue weighted by Gasteiger charge is -2.07. The number of amides is 1. The minimum absolute atomic E-state index is 0.00355. The van der Waals surface area contributed by atoms with Crippen LogP contribution in [0.5, 0.6) is 0 Å². The van der Waals surface area contributed by atoms with Gasteiger partial charge in [-0.1, -0.05) is 18.2 Å². The molecule has 0 aliphatic heterocycles. The maximum Gasteiger partial charge on any atom is 0.270 e. The highest BCUT2D eigenvalue weighted by Gasteiger charge is 2.12. The summed E-state index contributed by atoms with van der Waals surface area (Å²) in [6.07, 6.45) is 0. The zero-order valence-corrected chi connectivity index (χ0v) is 12.3. The van der Waals surface area contributed by atoms with Crippen molar-refractivity contribution in [2.45, 2.75) is 0 Å². The predicted molar refractivity (Wildman–Crippen MR) is 81.3 cm³/mol. The van der Waals surface area contributed by atoms with Crippen molar-refractivity contribution in [1.82, 2.24) is 15.0 Å². The SMILES string of the molecule is CNS(=O)(=O)CCNC(=O)c1cc(N)c2ccccc2n1. The van der Waals surface area contributed by atoms with E-state index in [1.54, 1.807) is 12.1 Å². The Morgan fingerprint density at radius 2 is 2.05 bits per heavy atom. The molecular formula is C13H16N4O3S. The number of nitrogens with one attached hydrogen (secondary N) is 2. The van der Waals surface area contributed by atoms with Gasteiger partial charge >= 0.3 is 0 Å². The van der Waals surface area contributed by atoms with Crippen LogP contribution in [0.1, 0.15) is 10.5 Å². The van der Waals surface area contributed by atoms with Gasteiger partial charge in [-0.15, -0.1) is 0 Å². The molecule has 1 heterocycles. The highest BCUT2D eigenvalue weighted by molar-refractivity contribution is 7.89. The lowest BCUT2D eigenvalue weighted by Crippen LogP contribution is -2.33. The first kappa shape index (κ1) is 15.2. The fourth-order valence-corrected chi connectivity index (χ4v) is 2.39. The van der Waals surface area contributed by atoms with Crippen molar-refractivity contribution < 1.29 is 13.2 Å². The number of hydrogen-bond acceptors (Lipinski definition) is 5. The van der Waals surface area contributed by atoms with Gasteiger partial charge in [0.05, 0.1) is 11.3 Å². The van der Waals surface area contributed by atoms with Gasteiger partial charge in [-0.2, -0.15) is 0 Å². The van der Waals surface area contributed by atoms with Gasteiger partial charge < -0.3 is 11.1 Å². The number of anilines is 1. The molecule has 2 rings (SSSR count). The molecule has 7 nitrogen and oxygen atoms in total. The van der Waals surface area contributed by atoms with E-state index in [1.807, 2.05) is 12.1 Å². The van der Waals surface area contributed by atoms with Crippen LogP contribution in [0.2, 0.25) is 0 Å². The third kappa shape index (κ3) is 3.67. The smallest absolute Gasteiger partial charge is 0.270 e. The number of nitrogen functional groups attached to an aromatic ring is 1. The average Bonchev–Trinajstić information content (AvgIpc) is 2.47. The van der Waals surface area contributed by atoms with Crippen LogP contribution in [0.4, 0.5) is 5.69 Å². The van der Waals surface area contributed by atoms with Crippen LogP contribution < -0.4 is 15.8 Å². The van der Waals surface area contributed by atoms with Crippen molar-refractivity contribution >= 4 is 32.5 Å². The third-order valence-electron chi connectivity index (χ3n) is 2.95. The molecule has 0 aliphatic rings. The Kier molecular flexibility index (Phi) is 4.39. The quantitative estimate of drug-likeness (QED) is 0.724. The van der Waals surface area contributed by atoms with Crippen LogP contribution in [-0.4, -0.2) is 38.7 Å². The van der Waals surface area contributed by atoms with E-state index in [0.717, 1.165) is 5.39 Å². The maximum absolute atomic E-state index is 12.0. The molecule has 8 heteroatoms. The summed E-state index contributed by atoms with van der Waals surface area (Å²) in [4.78, 5) is 16.2. The Labute approximate surface area is 122 Å². The van der Waals surface area contributed by atoms with Gasteiger partial charge in [0.15, 0.2) is 0 Å². The van der Waals surface area contributed by atoms with E-state index < -0.39 is 15.9 Å². The number of aromatic nitrogens is 1. The molecule has 112 valence electrons. The molecule has 21 heavy (non-hydrogen) atoms. The van der Waals surface area contributed by atoms with E-state index in [1.165, 1.54) is 13.1 Å².